The molecule has 1 N–H and O–H groups in total. The molecule has 0 radical (unpaired) electrons. The first-order chi connectivity index (χ1) is 9.11. The number of pyridine rings is 1. The number of carbonyl (C=O) groups excluding carboxylic acids is 1. The molecule has 1 heterocycles. The van der Waals surface area contributed by atoms with Gasteiger partial charge < -0.3 is 5.32 Å². The van der Waals surface area contributed by atoms with Crippen LogP contribution in [0.3, 0.4) is 0 Å². The highest BCUT2D eigenvalue weighted by atomic mass is 35.5. The molecule has 0 aromatic carbocycles. The van der Waals surface area contributed by atoms with E-state index in [2.05, 4.69) is 17.2 Å². The summed E-state index contributed by atoms with van der Waals surface area (Å²) in [5.74, 6) is 0.949. The Morgan fingerprint density at radius 2 is 2.32 bits per heavy atom. The fourth-order valence-corrected chi connectivity index (χ4v) is 3.77. The van der Waals surface area contributed by atoms with Crippen molar-refractivity contribution in [1.29, 1.82) is 0 Å². The molecule has 1 fully saturated rings. The van der Waals surface area contributed by atoms with E-state index in [1.165, 1.54) is 19.0 Å². The number of aromatic nitrogens is 1. The number of nitrogens with one attached hydrogen (secondary N) is 1. The van der Waals surface area contributed by atoms with Gasteiger partial charge in [0.2, 0.25) is 0 Å². The fraction of sp³-hybridized carbons (Fsp3) is 0.538. The molecule has 1 aliphatic carbocycles. The molecule has 6 heteroatoms. The van der Waals surface area contributed by atoms with Crippen LogP contribution in [0.1, 0.15) is 36.5 Å². The third-order valence-electron chi connectivity index (χ3n) is 3.21. The van der Waals surface area contributed by atoms with Gasteiger partial charge in [-0.1, -0.05) is 36.5 Å². The lowest BCUT2D eigenvalue weighted by atomic mass is 10.2. The maximum absolute atomic E-state index is 12.2. The van der Waals surface area contributed by atoms with Gasteiger partial charge >= 0.3 is 0 Å². The molecule has 19 heavy (non-hydrogen) atoms. The number of amides is 1. The first-order valence-corrected chi connectivity index (χ1v) is 8.15. The third-order valence-corrected chi connectivity index (χ3v) is 5.22. The van der Waals surface area contributed by atoms with Crippen LogP contribution in [0.15, 0.2) is 12.3 Å². The van der Waals surface area contributed by atoms with Crippen LogP contribution in [-0.4, -0.2) is 27.9 Å². The predicted molar refractivity (Wildman–Crippen MR) is 81.3 cm³/mol. The van der Waals surface area contributed by atoms with E-state index >= 15 is 0 Å². The van der Waals surface area contributed by atoms with Crippen molar-refractivity contribution in [2.24, 2.45) is 0 Å². The zero-order valence-corrected chi connectivity index (χ0v) is 13.0. The Balaban J connectivity index is 2.02. The highest BCUT2D eigenvalue weighted by Crippen LogP contribution is 2.30. The lowest BCUT2D eigenvalue weighted by Gasteiger charge is -2.20. The fourth-order valence-electron chi connectivity index (χ4n) is 2.30. The topological polar surface area (TPSA) is 42.0 Å². The van der Waals surface area contributed by atoms with Crippen LogP contribution in [0.2, 0.25) is 10.2 Å². The molecule has 104 valence electrons. The van der Waals surface area contributed by atoms with E-state index in [9.17, 15) is 4.79 Å². The highest BCUT2D eigenvalue weighted by Gasteiger charge is 2.28. The van der Waals surface area contributed by atoms with E-state index in [1.54, 1.807) is 6.07 Å². The van der Waals surface area contributed by atoms with Gasteiger partial charge in [-0.3, -0.25) is 4.79 Å². The minimum atomic E-state index is -0.125. The van der Waals surface area contributed by atoms with E-state index in [-0.39, 0.29) is 17.1 Å². The maximum atomic E-state index is 12.2. The number of nitrogens with zero attached hydrogens (tertiary/aromatic N) is 1. The zero-order chi connectivity index (χ0) is 13.8. The first-order valence-electron chi connectivity index (χ1n) is 6.35. The molecule has 2 rings (SSSR count). The zero-order valence-electron chi connectivity index (χ0n) is 10.7. The third kappa shape index (κ3) is 3.77. The normalized spacial score (nSPS) is 22.5. The maximum Gasteiger partial charge on any atom is 0.253 e. The van der Waals surface area contributed by atoms with E-state index in [1.807, 2.05) is 11.8 Å². The summed E-state index contributed by atoms with van der Waals surface area (Å²) in [6.07, 6.45) is 4.84. The number of hydrogen-bond acceptors (Lipinski definition) is 3. The van der Waals surface area contributed by atoms with Crippen LogP contribution in [0.4, 0.5) is 0 Å². The standard InChI is InChI=1S/C13H16Cl2N2OS/c1-2-19-11-5-3-4-10(11)17-13(18)8-6-9(14)12(15)16-7-8/h6-7,10-11H,2-5H2,1H3,(H,17,18). The van der Waals surface area contributed by atoms with Crippen LogP contribution in [0.5, 0.6) is 0 Å². The second kappa shape index (κ2) is 6.82. The summed E-state index contributed by atoms with van der Waals surface area (Å²) in [7, 11) is 0. The van der Waals surface area contributed by atoms with Crippen LogP contribution >= 0.6 is 35.0 Å². The van der Waals surface area contributed by atoms with Gasteiger partial charge in [0.1, 0.15) is 5.15 Å². The number of carbonyl (C=O) groups is 1. The summed E-state index contributed by atoms with van der Waals surface area (Å²) in [6.45, 7) is 2.14. The van der Waals surface area contributed by atoms with Gasteiger partial charge in [0.15, 0.2) is 0 Å². The monoisotopic (exact) mass is 318 g/mol. The summed E-state index contributed by atoms with van der Waals surface area (Å²) in [6, 6.07) is 1.80. The number of hydrogen-bond donors (Lipinski definition) is 1. The van der Waals surface area contributed by atoms with Crippen LogP contribution in [0, 0.1) is 0 Å². The first kappa shape index (κ1) is 14.9. The van der Waals surface area contributed by atoms with Crippen LogP contribution < -0.4 is 5.32 Å². The average molecular weight is 319 g/mol. The Morgan fingerprint density at radius 3 is 3.00 bits per heavy atom. The van der Waals surface area contributed by atoms with E-state index in [0.29, 0.717) is 15.8 Å². The molecule has 2 atom stereocenters. The van der Waals surface area contributed by atoms with Crippen molar-refractivity contribution < 1.29 is 4.79 Å². The van der Waals surface area contributed by atoms with Gasteiger partial charge in [0, 0.05) is 17.5 Å². The molecule has 0 aliphatic heterocycles. The summed E-state index contributed by atoms with van der Waals surface area (Å²) >= 11 is 13.5. The smallest absolute Gasteiger partial charge is 0.253 e. The van der Waals surface area contributed by atoms with Gasteiger partial charge in [-0.15, -0.1) is 0 Å². The molecule has 0 saturated heterocycles. The number of thioether (sulfide) groups is 1. The molecular formula is C13H16Cl2N2OS. The van der Waals surface area contributed by atoms with Gasteiger partial charge in [-0.25, -0.2) is 4.98 Å². The Hall–Kier alpha value is -0.450. The minimum absolute atomic E-state index is 0.125. The van der Waals surface area contributed by atoms with Crippen molar-refractivity contribution in [2.75, 3.05) is 5.75 Å². The van der Waals surface area contributed by atoms with Crippen molar-refractivity contribution in [3.63, 3.8) is 0 Å². The van der Waals surface area contributed by atoms with Crippen LogP contribution in [-0.2, 0) is 0 Å². The molecule has 1 aliphatic rings. The molecule has 0 spiro atoms. The molecular weight excluding hydrogens is 303 g/mol. The van der Waals surface area contributed by atoms with Crippen molar-refractivity contribution in [3.8, 4) is 0 Å². The van der Waals surface area contributed by atoms with E-state index in [4.69, 9.17) is 23.2 Å². The Kier molecular flexibility index (Phi) is 5.37. The van der Waals surface area contributed by atoms with Crippen LogP contribution in [0.25, 0.3) is 0 Å². The van der Waals surface area contributed by atoms with Gasteiger partial charge in [-0.2, -0.15) is 11.8 Å². The van der Waals surface area contributed by atoms with Gasteiger partial charge in [-0.05, 0) is 24.7 Å². The van der Waals surface area contributed by atoms with Crippen molar-refractivity contribution in [3.05, 3.63) is 28.0 Å². The van der Waals surface area contributed by atoms with Crippen molar-refractivity contribution in [1.82, 2.24) is 10.3 Å². The molecule has 1 aromatic heterocycles. The van der Waals surface area contributed by atoms with E-state index < -0.39 is 0 Å². The largest absolute Gasteiger partial charge is 0.348 e. The Labute approximate surface area is 127 Å². The summed E-state index contributed by atoms with van der Waals surface area (Å²) in [5, 5.41) is 4.12. The number of halogens is 2. The molecule has 2 unspecified atom stereocenters. The number of rotatable bonds is 4. The second-order valence-electron chi connectivity index (χ2n) is 4.50. The molecule has 1 amide bonds. The lowest BCUT2D eigenvalue weighted by Crippen LogP contribution is -2.38. The Morgan fingerprint density at radius 1 is 1.53 bits per heavy atom. The summed E-state index contributed by atoms with van der Waals surface area (Å²) in [4.78, 5) is 16.0. The lowest BCUT2D eigenvalue weighted by molar-refractivity contribution is 0.0938. The second-order valence-corrected chi connectivity index (χ2v) is 6.78. The van der Waals surface area contributed by atoms with E-state index in [0.717, 1.165) is 12.2 Å². The minimum Gasteiger partial charge on any atom is -0.348 e. The SMILES string of the molecule is CCSC1CCCC1NC(=O)c1cnc(Cl)c(Cl)c1. The molecule has 3 nitrogen and oxygen atoms in total. The van der Waals surface area contributed by atoms with Gasteiger partial charge in [0.25, 0.3) is 5.91 Å². The molecule has 1 aromatic rings. The molecule has 0 bridgehead atoms. The van der Waals surface area contributed by atoms with Crippen molar-refractivity contribution >= 4 is 40.9 Å². The van der Waals surface area contributed by atoms with Gasteiger partial charge in [0.05, 0.1) is 10.6 Å². The summed E-state index contributed by atoms with van der Waals surface area (Å²) < 4.78 is 0. The summed E-state index contributed by atoms with van der Waals surface area (Å²) in [5.41, 5.74) is 0.460. The molecule has 1 saturated carbocycles. The quantitative estimate of drug-likeness (QED) is 0.859. The van der Waals surface area contributed by atoms with Crippen molar-refractivity contribution in [2.45, 2.75) is 37.5 Å². The highest BCUT2D eigenvalue weighted by molar-refractivity contribution is 7.99. The average Bonchev–Trinajstić information content (AvgIpc) is 2.80. The predicted octanol–water partition coefficient (Wildman–Crippen LogP) is 3.79. The Bertz CT molecular complexity index is 470.